The Morgan fingerprint density at radius 1 is 0.944 bits per heavy atom. The first kappa shape index (κ1) is 23.6. The molecule has 4 aromatic rings. The number of aliphatic hydroxyl groups is 1. The molecule has 36 heavy (non-hydrogen) atoms. The molecule has 1 fully saturated rings. The number of ether oxygens (including phenoxy) is 2. The zero-order chi connectivity index (χ0) is 25.6. The molecule has 0 aliphatic carbocycles. The Kier molecular flexibility index (Phi) is 5.97. The average Bonchev–Trinajstić information content (AvgIpc) is 3.41. The van der Waals surface area contributed by atoms with Gasteiger partial charge in [0.05, 0.1) is 30.0 Å². The third-order valence-electron chi connectivity index (χ3n) is 6.24. The monoisotopic (exact) mass is 500 g/mol. The topological polar surface area (TPSA) is 89.0 Å². The van der Waals surface area contributed by atoms with Crippen LogP contribution in [0.2, 0.25) is 0 Å². The number of Topliss-reactive ketones (excluding diaryl/α,β-unsaturated/α-hetero) is 1. The van der Waals surface area contributed by atoms with Crippen LogP contribution in [0.4, 0.5) is 5.13 Å². The van der Waals surface area contributed by atoms with Crippen LogP contribution in [0, 0.1) is 13.8 Å². The molecule has 7 nitrogen and oxygen atoms in total. The molecule has 0 unspecified atom stereocenters. The number of amides is 1. The van der Waals surface area contributed by atoms with E-state index in [2.05, 4.69) is 4.98 Å². The lowest BCUT2D eigenvalue weighted by atomic mass is 9.94. The molecule has 3 aromatic carbocycles. The molecule has 1 aliphatic heterocycles. The number of carbonyl (C=O) groups is 2. The highest BCUT2D eigenvalue weighted by molar-refractivity contribution is 7.22. The summed E-state index contributed by atoms with van der Waals surface area (Å²) in [6, 6.07) is 17.1. The van der Waals surface area contributed by atoms with Crippen molar-refractivity contribution in [3.63, 3.8) is 0 Å². The number of rotatable bonds is 5. The van der Waals surface area contributed by atoms with Crippen molar-refractivity contribution in [3.05, 3.63) is 88.5 Å². The van der Waals surface area contributed by atoms with Gasteiger partial charge in [-0.05, 0) is 49.7 Å². The Bertz CT molecular complexity index is 1540. The highest BCUT2D eigenvalue weighted by Gasteiger charge is 2.49. The first-order valence-corrected chi connectivity index (χ1v) is 12.1. The average molecular weight is 501 g/mol. The SMILES string of the molecule is COc1ccc(OC)c([C@H]2C(=C(O)c3ccc(C)cc3)C(=O)C(=O)N2c2nc3ccc(C)cc3s2)c1. The van der Waals surface area contributed by atoms with Gasteiger partial charge in [-0.15, -0.1) is 0 Å². The quantitative estimate of drug-likeness (QED) is 0.219. The van der Waals surface area contributed by atoms with Gasteiger partial charge in [0, 0.05) is 11.1 Å². The highest BCUT2D eigenvalue weighted by atomic mass is 32.1. The number of aromatic nitrogens is 1. The first-order chi connectivity index (χ1) is 17.3. The van der Waals surface area contributed by atoms with Gasteiger partial charge < -0.3 is 14.6 Å². The summed E-state index contributed by atoms with van der Waals surface area (Å²) in [5.74, 6) is -0.860. The molecule has 1 atom stereocenters. The molecule has 1 saturated heterocycles. The van der Waals surface area contributed by atoms with Crippen molar-refractivity contribution in [1.29, 1.82) is 0 Å². The summed E-state index contributed by atoms with van der Waals surface area (Å²) >= 11 is 1.31. The summed E-state index contributed by atoms with van der Waals surface area (Å²) < 4.78 is 11.9. The molecule has 1 N–H and O–H groups in total. The Morgan fingerprint density at radius 3 is 2.36 bits per heavy atom. The van der Waals surface area contributed by atoms with Crippen molar-refractivity contribution in [3.8, 4) is 11.5 Å². The molecule has 0 bridgehead atoms. The molecular formula is C28H24N2O5S. The second-order valence-corrected chi connectivity index (χ2v) is 9.62. The normalized spacial score (nSPS) is 17.1. The van der Waals surface area contributed by atoms with E-state index in [0.29, 0.717) is 27.8 Å². The Balaban J connectivity index is 1.78. The molecule has 0 radical (unpaired) electrons. The molecule has 8 heteroatoms. The van der Waals surface area contributed by atoms with Crippen LogP contribution in [0.1, 0.15) is 28.3 Å². The maximum Gasteiger partial charge on any atom is 0.301 e. The van der Waals surface area contributed by atoms with Gasteiger partial charge in [-0.3, -0.25) is 14.5 Å². The number of thiazole rings is 1. The van der Waals surface area contributed by atoms with E-state index in [4.69, 9.17) is 9.47 Å². The molecule has 2 heterocycles. The molecule has 1 aliphatic rings. The summed E-state index contributed by atoms with van der Waals surface area (Å²) in [4.78, 5) is 33.0. The smallest absolute Gasteiger partial charge is 0.301 e. The van der Waals surface area contributed by atoms with E-state index in [9.17, 15) is 14.7 Å². The van der Waals surface area contributed by atoms with Gasteiger partial charge in [0.2, 0.25) is 0 Å². The summed E-state index contributed by atoms with van der Waals surface area (Å²) in [6.45, 7) is 3.91. The highest BCUT2D eigenvalue weighted by Crippen LogP contribution is 2.47. The third-order valence-corrected chi connectivity index (χ3v) is 7.26. The predicted molar refractivity (Wildman–Crippen MR) is 140 cm³/mol. The lowest BCUT2D eigenvalue weighted by Crippen LogP contribution is -2.29. The third kappa shape index (κ3) is 3.89. The minimum atomic E-state index is -0.974. The standard InChI is InChI=1S/C28H24N2O5S/c1-15-5-8-17(9-6-15)25(31)23-24(19-14-18(34-3)10-12-21(19)35-4)30(27(33)26(23)32)28-29-20-11-7-16(2)13-22(20)36-28/h5-14,24,31H,1-4H3/t24-/m0/s1. The molecule has 182 valence electrons. The maximum absolute atomic E-state index is 13.5. The summed E-state index contributed by atoms with van der Waals surface area (Å²) in [6.07, 6.45) is 0. The number of methoxy groups -OCH3 is 2. The number of carbonyl (C=O) groups excluding carboxylic acids is 2. The molecule has 1 aromatic heterocycles. The van der Waals surface area contributed by atoms with Gasteiger partial charge >= 0.3 is 5.91 Å². The van der Waals surface area contributed by atoms with Crippen molar-refractivity contribution in [1.82, 2.24) is 4.98 Å². The number of aryl methyl sites for hydroxylation is 2. The zero-order valence-corrected chi connectivity index (χ0v) is 21.1. The first-order valence-electron chi connectivity index (χ1n) is 11.3. The van der Waals surface area contributed by atoms with Crippen molar-refractivity contribution >= 4 is 44.1 Å². The lowest BCUT2D eigenvalue weighted by molar-refractivity contribution is -0.132. The van der Waals surface area contributed by atoms with Crippen LogP contribution in [0.3, 0.4) is 0 Å². The number of aliphatic hydroxyl groups excluding tert-OH is 1. The number of anilines is 1. The second kappa shape index (κ2) is 9.13. The van der Waals surface area contributed by atoms with Gasteiger partial charge in [0.15, 0.2) is 5.13 Å². The van der Waals surface area contributed by atoms with E-state index in [1.54, 1.807) is 30.3 Å². The summed E-state index contributed by atoms with van der Waals surface area (Å²) in [5.41, 5.74) is 3.68. The Hall–Kier alpha value is -4.17. The number of nitrogens with zero attached hydrogens (tertiary/aromatic N) is 2. The van der Waals surface area contributed by atoms with E-state index in [1.807, 2.05) is 44.2 Å². The Morgan fingerprint density at radius 2 is 1.67 bits per heavy atom. The van der Waals surface area contributed by atoms with Gasteiger partial charge in [-0.25, -0.2) is 4.98 Å². The number of ketones is 1. The van der Waals surface area contributed by atoms with E-state index < -0.39 is 17.7 Å². The van der Waals surface area contributed by atoms with Crippen molar-refractivity contribution in [2.24, 2.45) is 0 Å². The fourth-order valence-corrected chi connectivity index (χ4v) is 5.46. The largest absolute Gasteiger partial charge is 0.507 e. The molecular weight excluding hydrogens is 476 g/mol. The maximum atomic E-state index is 13.5. The van der Waals surface area contributed by atoms with Crippen molar-refractivity contribution in [2.45, 2.75) is 19.9 Å². The van der Waals surface area contributed by atoms with Crippen LogP contribution in [0.15, 0.2) is 66.2 Å². The number of hydrogen-bond acceptors (Lipinski definition) is 7. The van der Waals surface area contributed by atoms with Crippen LogP contribution in [-0.2, 0) is 9.59 Å². The van der Waals surface area contributed by atoms with Gasteiger partial charge in [0.1, 0.15) is 23.3 Å². The number of hydrogen-bond donors (Lipinski definition) is 1. The lowest BCUT2D eigenvalue weighted by Gasteiger charge is -2.25. The second-order valence-electron chi connectivity index (χ2n) is 8.61. The minimum Gasteiger partial charge on any atom is -0.507 e. The molecule has 0 saturated carbocycles. The van der Waals surface area contributed by atoms with Crippen LogP contribution >= 0.6 is 11.3 Å². The molecule has 0 spiro atoms. The molecule has 5 rings (SSSR count). The van der Waals surface area contributed by atoms with E-state index >= 15 is 0 Å². The zero-order valence-electron chi connectivity index (χ0n) is 20.2. The number of fused-ring (bicyclic) bond motifs is 1. The van der Waals surface area contributed by atoms with Crippen molar-refractivity contribution < 1.29 is 24.2 Å². The van der Waals surface area contributed by atoms with Crippen LogP contribution < -0.4 is 14.4 Å². The predicted octanol–water partition coefficient (Wildman–Crippen LogP) is 5.56. The van der Waals surface area contributed by atoms with Gasteiger partial charge in [-0.1, -0.05) is 47.2 Å². The van der Waals surface area contributed by atoms with Crippen molar-refractivity contribution in [2.75, 3.05) is 19.1 Å². The Labute approximate surface area is 212 Å². The number of benzene rings is 3. The van der Waals surface area contributed by atoms with E-state index in [0.717, 1.165) is 21.3 Å². The van der Waals surface area contributed by atoms with Gasteiger partial charge in [-0.2, -0.15) is 0 Å². The fourth-order valence-electron chi connectivity index (χ4n) is 4.37. The van der Waals surface area contributed by atoms with Crippen LogP contribution in [0.5, 0.6) is 11.5 Å². The van der Waals surface area contributed by atoms with E-state index in [1.165, 1.54) is 30.5 Å². The van der Waals surface area contributed by atoms with Crippen LogP contribution in [0.25, 0.3) is 16.0 Å². The van der Waals surface area contributed by atoms with Gasteiger partial charge in [0.25, 0.3) is 5.78 Å². The summed E-state index contributed by atoms with van der Waals surface area (Å²) in [7, 11) is 3.04. The molecule has 1 amide bonds. The minimum absolute atomic E-state index is 0.0363. The van der Waals surface area contributed by atoms with Crippen LogP contribution in [-0.4, -0.2) is 36.0 Å². The van der Waals surface area contributed by atoms with E-state index in [-0.39, 0.29) is 11.3 Å². The fraction of sp³-hybridized carbons (Fsp3) is 0.179. The summed E-state index contributed by atoms with van der Waals surface area (Å²) in [5, 5.41) is 11.7.